The van der Waals surface area contributed by atoms with Crippen LogP contribution in [-0.4, -0.2) is 10.7 Å². The second kappa shape index (κ2) is 6.53. The quantitative estimate of drug-likeness (QED) is 0.427. The van der Waals surface area contributed by atoms with Crippen LogP contribution in [0.5, 0.6) is 0 Å². The van der Waals surface area contributed by atoms with Crippen molar-refractivity contribution in [2.75, 3.05) is 5.75 Å². The normalized spacial score (nSPS) is 10.4. The fraction of sp³-hybridized carbons (Fsp3) is 0.500. The van der Waals surface area contributed by atoms with Gasteiger partial charge in [0.25, 0.3) is 5.69 Å². The molecule has 0 atom stereocenters. The fourth-order valence-corrected chi connectivity index (χ4v) is 2.35. The monoisotopic (exact) mass is 239 g/mol. The Hall–Kier alpha value is -1.03. The first-order valence-corrected chi connectivity index (χ1v) is 6.57. The first kappa shape index (κ1) is 13.0. The van der Waals surface area contributed by atoms with Gasteiger partial charge in [-0.05, 0) is 30.2 Å². The molecule has 1 aromatic carbocycles. The summed E-state index contributed by atoms with van der Waals surface area (Å²) < 4.78 is 0. The molecule has 0 saturated heterocycles. The minimum atomic E-state index is -0.281. The number of nitro benzene ring substituents is 1. The zero-order valence-corrected chi connectivity index (χ0v) is 10.5. The van der Waals surface area contributed by atoms with Gasteiger partial charge in [-0.3, -0.25) is 10.1 Å². The summed E-state index contributed by atoms with van der Waals surface area (Å²) in [5, 5.41) is 10.9. The maximum atomic E-state index is 10.9. The highest BCUT2D eigenvalue weighted by Gasteiger charge is 2.14. The third-order valence-electron chi connectivity index (χ3n) is 2.22. The maximum absolute atomic E-state index is 10.9. The molecule has 0 aromatic heterocycles. The van der Waals surface area contributed by atoms with Crippen LogP contribution in [0.4, 0.5) is 5.69 Å². The van der Waals surface area contributed by atoms with Gasteiger partial charge in [0.15, 0.2) is 0 Å². The average molecular weight is 239 g/mol. The molecule has 1 aromatic rings. The molecule has 0 fully saturated rings. The molecule has 1 rings (SSSR count). The lowest BCUT2D eigenvalue weighted by atomic mass is 10.1. The first-order chi connectivity index (χ1) is 7.69. The Morgan fingerprint density at radius 2 is 2.06 bits per heavy atom. The molecule has 0 aliphatic rings. The topological polar surface area (TPSA) is 43.1 Å². The van der Waals surface area contributed by atoms with Crippen LogP contribution >= 0.6 is 11.8 Å². The number of hydrogen-bond donors (Lipinski definition) is 0. The van der Waals surface area contributed by atoms with Crippen LogP contribution in [0.1, 0.15) is 32.3 Å². The first-order valence-electron chi connectivity index (χ1n) is 5.59. The van der Waals surface area contributed by atoms with E-state index < -0.39 is 0 Å². The van der Waals surface area contributed by atoms with Crippen molar-refractivity contribution >= 4 is 17.4 Å². The van der Waals surface area contributed by atoms with Crippen molar-refractivity contribution in [3.63, 3.8) is 0 Å². The summed E-state index contributed by atoms with van der Waals surface area (Å²) in [6.07, 6.45) is 2.94. The molecule has 0 amide bonds. The average Bonchev–Trinajstić information content (AvgIpc) is 2.27. The summed E-state index contributed by atoms with van der Waals surface area (Å²) in [6, 6.07) is 5.58. The van der Waals surface area contributed by atoms with Crippen LogP contribution in [0.2, 0.25) is 0 Å². The lowest BCUT2D eigenvalue weighted by molar-refractivity contribution is -0.387. The highest BCUT2D eigenvalue weighted by atomic mass is 32.2. The molecular weight excluding hydrogens is 222 g/mol. The molecule has 88 valence electrons. The number of hydrogen-bond acceptors (Lipinski definition) is 3. The summed E-state index contributed by atoms with van der Waals surface area (Å²) in [6.45, 7) is 4.15. The van der Waals surface area contributed by atoms with Gasteiger partial charge in [0.2, 0.25) is 0 Å². The van der Waals surface area contributed by atoms with E-state index in [2.05, 4.69) is 13.8 Å². The molecule has 3 nitrogen and oxygen atoms in total. The molecule has 0 aliphatic heterocycles. The van der Waals surface area contributed by atoms with Crippen LogP contribution in [0.3, 0.4) is 0 Å². The predicted molar refractivity (Wildman–Crippen MR) is 68.1 cm³/mol. The van der Waals surface area contributed by atoms with E-state index in [1.54, 1.807) is 17.8 Å². The van der Waals surface area contributed by atoms with Crippen molar-refractivity contribution < 1.29 is 4.92 Å². The molecule has 0 aliphatic carbocycles. The van der Waals surface area contributed by atoms with E-state index in [0.717, 1.165) is 35.5 Å². The maximum Gasteiger partial charge on any atom is 0.283 e. The molecule has 0 radical (unpaired) electrons. The molecular formula is C12H17NO2S. The molecule has 0 heterocycles. The van der Waals surface area contributed by atoms with Gasteiger partial charge >= 0.3 is 0 Å². The van der Waals surface area contributed by atoms with Crippen LogP contribution < -0.4 is 0 Å². The number of aryl methyl sites for hydroxylation is 1. The zero-order valence-electron chi connectivity index (χ0n) is 9.73. The van der Waals surface area contributed by atoms with Crippen LogP contribution in [-0.2, 0) is 6.42 Å². The SMILES string of the molecule is CCCSc1ccc(CCC)cc1[N+](=O)[O-]. The van der Waals surface area contributed by atoms with Gasteiger partial charge in [-0.25, -0.2) is 0 Å². The Morgan fingerprint density at radius 1 is 1.31 bits per heavy atom. The van der Waals surface area contributed by atoms with E-state index in [1.165, 1.54) is 0 Å². The molecule has 0 unspecified atom stereocenters. The molecule has 0 N–H and O–H groups in total. The third kappa shape index (κ3) is 3.52. The predicted octanol–water partition coefficient (Wildman–Crippen LogP) is 4.05. The van der Waals surface area contributed by atoms with Crippen LogP contribution in [0.25, 0.3) is 0 Å². The van der Waals surface area contributed by atoms with E-state index in [1.807, 2.05) is 12.1 Å². The Morgan fingerprint density at radius 3 is 2.62 bits per heavy atom. The highest BCUT2D eigenvalue weighted by Crippen LogP contribution is 2.30. The second-order valence-corrected chi connectivity index (χ2v) is 4.79. The van der Waals surface area contributed by atoms with Crippen molar-refractivity contribution in [1.29, 1.82) is 0 Å². The van der Waals surface area contributed by atoms with Crippen LogP contribution in [0.15, 0.2) is 23.1 Å². The number of nitrogens with zero attached hydrogens (tertiary/aromatic N) is 1. The molecule has 0 saturated carbocycles. The van der Waals surface area contributed by atoms with Gasteiger partial charge in [-0.15, -0.1) is 11.8 Å². The number of nitro groups is 1. The van der Waals surface area contributed by atoms with Crippen molar-refractivity contribution in [3.8, 4) is 0 Å². The number of thioether (sulfide) groups is 1. The summed E-state index contributed by atoms with van der Waals surface area (Å²) in [4.78, 5) is 11.4. The standard InChI is InChI=1S/C12H17NO2S/c1-3-5-10-6-7-12(16-8-4-2)11(9-10)13(14)15/h6-7,9H,3-5,8H2,1-2H3. The lowest BCUT2D eigenvalue weighted by Gasteiger charge is -2.04. The summed E-state index contributed by atoms with van der Waals surface area (Å²) in [5.41, 5.74) is 1.31. The summed E-state index contributed by atoms with van der Waals surface area (Å²) >= 11 is 1.56. The van der Waals surface area contributed by atoms with E-state index in [-0.39, 0.29) is 10.6 Å². The van der Waals surface area contributed by atoms with E-state index in [4.69, 9.17) is 0 Å². The van der Waals surface area contributed by atoms with E-state index >= 15 is 0 Å². The van der Waals surface area contributed by atoms with Gasteiger partial charge < -0.3 is 0 Å². The largest absolute Gasteiger partial charge is 0.283 e. The number of benzene rings is 1. The van der Waals surface area contributed by atoms with Crippen molar-refractivity contribution in [1.82, 2.24) is 0 Å². The van der Waals surface area contributed by atoms with Gasteiger partial charge in [-0.1, -0.05) is 26.3 Å². The highest BCUT2D eigenvalue weighted by molar-refractivity contribution is 7.99. The van der Waals surface area contributed by atoms with Crippen LogP contribution in [0, 0.1) is 10.1 Å². The molecule has 0 spiro atoms. The smallest absolute Gasteiger partial charge is 0.258 e. The Labute approximate surface area is 100 Å². The molecule has 16 heavy (non-hydrogen) atoms. The lowest BCUT2D eigenvalue weighted by Crippen LogP contribution is -1.94. The Bertz CT molecular complexity index is 366. The van der Waals surface area contributed by atoms with Crippen molar-refractivity contribution in [2.24, 2.45) is 0 Å². The minimum Gasteiger partial charge on any atom is -0.258 e. The Balaban J connectivity index is 2.94. The van der Waals surface area contributed by atoms with E-state index in [0.29, 0.717) is 0 Å². The van der Waals surface area contributed by atoms with Crippen molar-refractivity contribution in [2.45, 2.75) is 38.0 Å². The third-order valence-corrected chi connectivity index (χ3v) is 3.49. The summed E-state index contributed by atoms with van der Waals surface area (Å²) in [7, 11) is 0. The van der Waals surface area contributed by atoms with Crippen molar-refractivity contribution in [3.05, 3.63) is 33.9 Å². The number of rotatable bonds is 6. The van der Waals surface area contributed by atoms with Gasteiger partial charge in [0.1, 0.15) is 0 Å². The Kier molecular flexibility index (Phi) is 5.32. The molecule has 4 heteroatoms. The second-order valence-electron chi connectivity index (χ2n) is 3.66. The summed E-state index contributed by atoms with van der Waals surface area (Å²) in [5.74, 6) is 0.925. The van der Waals surface area contributed by atoms with E-state index in [9.17, 15) is 10.1 Å². The van der Waals surface area contributed by atoms with Gasteiger partial charge in [0.05, 0.1) is 9.82 Å². The van der Waals surface area contributed by atoms with Gasteiger partial charge in [0, 0.05) is 6.07 Å². The minimum absolute atomic E-state index is 0.254. The molecule has 0 bridgehead atoms. The zero-order chi connectivity index (χ0) is 12.0. The fourth-order valence-electron chi connectivity index (χ4n) is 1.48. The van der Waals surface area contributed by atoms with Gasteiger partial charge in [-0.2, -0.15) is 0 Å².